The predicted molar refractivity (Wildman–Crippen MR) is 82.7 cm³/mol. The second kappa shape index (κ2) is 4.59. The summed E-state index contributed by atoms with van der Waals surface area (Å²) in [7, 11) is 0. The van der Waals surface area contributed by atoms with Crippen molar-refractivity contribution in [2.24, 2.45) is 0 Å². The Hall–Kier alpha value is -2.35. The summed E-state index contributed by atoms with van der Waals surface area (Å²) in [5, 5.41) is 0. The van der Waals surface area contributed by atoms with Crippen LogP contribution in [0.5, 0.6) is 5.75 Å². The Morgan fingerprint density at radius 2 is 1.90 bits per heavy atom. The van der Waals surface area contributed by atoms with E-state index in [0.29, 0.717) is 6.61 Å². The van der Waals surface area contributed by atoms with Crippen LogP contribution < -0.4 is 4.74 Å². The van der Waals surface area contributed by atoms with Gasteiger partial charge in [0.2, 0.25) is 0 Å². The molecule has 1 aliphatic carbocycles. The van der Waals surface area contributed by atoms with Gasteiger partial charge in [-0.1, -0.05) is 36.4 Å². The molecule has 21 heavy (non-hydrogen) atoms. The quantitative estimate of drug-likeness (QED) is 0.740. The number of carbonyl (C=O) groups is 1. The van der Waals surface area contributed by atoms with Gasteiger partial charge in [0.25, 0.3) is 0 Å². The first-order valence-corrected chi connectivity index (χ1v) is 7.33. The van der Waals surface area contributed by atoms with Crippen LogP contribution in [-0.2, 0) is 12.8 Å². The van der Waals surface area contributed by atoms with Crippen molar-refractivity contribution in [1.82, 2.24) is 0 Å². The van der Waals surface area contributed by atoms with Gasteiger partial charge in [-0.05, 0) is 29.7 Å². The molecule has 1 heterocycles. The van der Waals surface area contributed by atoms with E-state index in [9.17, 15) is 4.79 Å². The minimum absolute atomic E-state index is 0.189. The van der Waals surface area contributed by atoms with Gasteiger partial charge in [-0.25, -0.2) is 0 Å². The summed E-state index contributed by atoms with van der Waals surface area (Å²) in [6, 6.07) is 14.2. The van der Waals surface area contributed by atoms with E-state index in [-0.39, 0.29) is 5.78 Å². The van der Waals surface area contributed by atoms with Crippen molar-refractivity contribution >= 4 is 11.4 Å². The fourth-order valence-electron chi connectivity index (χ4n) is 3.34. The van der Waals surface area contributed by atoms with E-state index in [1.54, 1.807) is 0 Å². The second-order valence-corrected chi connectivity index (χ2v) is 5.65. The van der Waals surface area contributed by atoms with Crippen LogP contribution >= 0.6 is 0 Å². The molecule has 2 aromatic rings. The van der Waals surface area contributed by atoms with E-state index in [2.05, 4.69) is 12.1 Å². The van der Waals surface area contributed by atoms with Crippen molar-refractivity contribution < 1.29 is 9.53 Å². The van der Waals surface area contributed by atoms with E-state index >= 15 is 0 Å². The standard InChI is InChI=1S/C19H16O2/c1-12(13-5-3-2-4-6-13)16-11-14-7-8-17-15(9-10-21-17)18(14)19(16)20/h2-8H,9-11H2,1H3/b16-12+. The summed E-state index contributed by atoms with van der Waals surface area (Å²) in [6.07, 6.45) is 1.59. The maximum absolute atomic E-state index is 12.9. The van der Waals surface area contributed by atoms with Crippen LogP contribution in [0.4, 0.5) is 0 Å². The lowest BCUT2D eigenvalue weighted by Crippen LogP contribution is -2.01. The van der Waals surface area contributed by atoms with Crippen LogP contribution in [0, 0.1) is 0 Å². The minimum Gasteiger partial charge on any atom is -0.493 e. The monoisotopic (exact) mass is 276 g/mol. The largest absolute Gasteiger partial charge is 0.493 e. The minimum atomic E-state index is 0.189. The topological polar surface area (TPSA) is 26.3 Å². The molecule has 0 fully saturated rings. The first-order valence-electron chi connectivity index (χ1n) is 7.33. The van der Waals surface area contributed by atoms with E-state index in [4.69, 9.17) is 4.74 Å². The molecule has 4 rings (SSSR count). The van der Waals surface area contributed by atoms with E-state index in [1.807, 2.05) is 37.3 Å². The van der Waals surface area contributed by atoms with Crippen molar-refractivity contribution in [1.29, 1.82) is 0 Å². The molecule has 0 atom stereocenters. The summed E-state index contributed by atoms with van der Waals surface area (Å²) in [4.78, 5) is 12.9. The third-order valence-electron chi connectivity index (χ3n) is 4.49. The summed E-state index contributed by atoms with van der Waals surface area (Å²) in [5.74, 6) is 1.08. The molecule has 2 heteroatoms. The Kier molecular flexibility index (Phi) is 2.71. The molecule has 0 N–H and O–H groups in total. The highest BCUT2D eigenvalue weighted by molar-refractivity contribution is 6.18. The van der Waals surface area contributed by atoms with Crippen LogP contribution in [-0.4, -0.2) is 12.4 Å². The molecule has 0 amide bonds. The number of hydrogen-bond acceptors (Lipinski definition) is 2. The molecule has 1 aliphatic heterocycles. The molecule has 104 valence electrons. The Labute approximate surface area is 124 Å². The number of Topliss-reactive ketones (excluding diaryl/α,β-unsaturated/α-hetero) is 1. The number of ether oxygens (including phenoxy) is 1. The summed E-state index contributed by atoms with van der Waals surface area (Å²) < 4.78 is 5.58. The number of carbonyl (C=O) groups excluding carboxylic acids is 1. The molecule has 0 bridgehead atoms. The molecule has 0 radical (unpaired) electrons. The Morgan fingerprint density at radius 3 is 2.71 bits per heavy atom. The third kappa shape index (κ3) is 1.83. The molecule has 2 aliphatic rings. The van der Waals surface area contributed by atoms with Crippen LogP contribution in [0.15, 0.2) is 48.0 Å². The van der Waals surface area contributed by atoms with Gasteiger partial charge in [0.15, 0.2) is 5.78 Å². The van der Waals surface area contributed by atoms with Gasteiger partial charge < -0.3 is 4.74 Å². The lowest BCUT2D eigenvalue weighted by molar-refractivity contribution is 0.103. The molecule has 0 saturated heterocycles. The fraction of sp³-hybridized carbons (Fsp3) is 0.211. The number of benzene rings is 2. The van der Waals surface area contributed by atoms with Gasteiger partial charge in [-0.3, -0.25) is 4.79 Å². The summed E-state index contributed by atoms with van der Waals surface area (Å²) >= 11 is 0. The van der Waals surface area contributed by atoms with Gasteiger partial charge in [-0.15, -0.1) is 0 Å². The van der Waals surface area contributed by atoms with Gasteiger partial charge >= 0.3 is 0 Å². The Balaban J connectivity index is 1.84. The molecule has 0 unspecified atom stereocenters. The van der Waals surface area contributed by atoms with E-state index < -0.39 is 0 Å². The smallest absolute Gasteiger partial charge is 0.190 e. The van der Waals surface area contributed by atoms with Crippen LogP contribution in [0.3, 0.4) is 0 Å². The average Bonchev–Trinajstić information content (AvgIpc) is 3.11. The van der Waals surface area contributed by atoms with Crippen molar-refractivity contribution in [3.63, 3.8) is 0 Å². The predicted octanol–water partition coefficient (Wildman–Crippen LogP) is 3.83. The molecule has 2 aromatic carbocycles. The lowest BCUT2D eigenvalue weighted by Gasteiger charge is -2.05. The summed E-state index contributed by atoms with van der Waals surface area (Å²) in [5.41, 5.74) is 6.29. The van der Waals surface area contributed by atoms with E-state index in [1.165, 1.54) is 0 Å². The lowest BCUT2D eigenvalue weighted by atomic mass is 9.97. The highest BCUT2D eigenvalue weighted by Crippen LogP contribution is 2.39. The van der Waals surface area contributed by atoms with Crippen LogP contribution in [0.1, 0.15) is 34.0 Å². The van der Waals surface area contributed by atoms with E-state index in [0.717, 1.165) is 52.0 Å². The fourth-order valence-corrected chi connectivity index (χ4v) is 3.34. The van der Waals surface area contributed by atoms with Crippen LogP contribution in [0.25, 0.3) is 5.57 Å². The normalized spacial score (nSPS) is 18.2. The first-order chi connectivity index (χ1) is 10.3. The maximum Gasteiger partial charge on any atom is 0.190 e. The molecule has 2 nitrogen and oxygen atoms in total. The SMILES string of the molecule is C/C(=C1/Cc2ccc3c(c2C1=O)CCO3)c1ccccc1. The third-order valence-corrected chi connectivity index (χ3v) is 4.49. The molecule has 0 aromatic heterocycles. The molecule has 0 saturated carbocycles. The zero-order valence-corrected chi connectivity index (χ0v) is 12.0. The first kappa shape index (κ1) is 12.4. The Morgan fingerprint density at radius 1 is 1.10 bits per heavy atom. The molecule has 0 spiro atoms. The van der Waals surface area contributed by atoms with Crippen molar-refractivity contribution in [2.75, 3.05) is 6.61 Å². The second-order valence-electron chi connectivity index (χ2n) is 5.65. The van der Waals surface area contributed by atoms with Gasteiger partial charge in [0, 0.05) is 29.5 Å². The number of ketones is 1. The number of fused-ring (bicyclic) bond motifs is 3. The molecular formula is C19H16O2. The molecular weight excluding hydrogens is 260 g/mol. The van der Waals surface area contributed by atoms with Crippen molar-refractivity contribution in [3.8, 4) is 5.75 Å². The summed E-state index contributed by atoms with van der Waals surface area (Å²) in [6.45, 7) is 2.74. The number of hydrogen-bond donors (Lipinski definition) is 0. The average molecular weight is 276 g/mol. The number of allylic oxidation sites excluding steroid dienone is 2. The Bertz CT molecular complexity index is 770. The zero-order chi connectivity index (χ0) is 14.4. The van der Waals surface area contributed by atoms with Gasteiger partial charge in [-0.2, -0.15) is 0 Å². The van der Waals surface area contributed by atoms with Crippen molar-refractivity contribution in [3.05, 3.63) is 70.3 Å². The zero-order valence-electron chi connectivity index (χ0n) is 12.0. The van der Waals surface area contributed by atoms with Crippen molar-refractivity contribution in [2.45, 2.75) is 19.8 Å². The highest BCUT2D eigenvalue weighted by atomic mass is 16.5. The van der Waals surface area contributed by atoms with Gasteiger partial charge in [0.1, 0.15) is 5.75 Å². The highest BCUT2D eigenvalue weighted by Gasteiger charge is 2.32. The van der Waals surface area contributed by atoms with Crippen LogP contribution in [0.2, 0.25) is 0 Å². The maximum atomic E-state index is 12.9. The number of rotatable bonds is 1. The van der Waals surface area contributed by atoms with Gasteiger partial charge in [0.05, 0.1) is 6.61 Å².